The predicted octanol–water partition coefficient (Wildman–Crippen LogP) is 5.37. The number of hydrogen-bond donors (Lipinski definition) is 1. The van der Waals surface area contributed by atoms with E-state index < -0.39 is 17.5 Å². The van der Waals surface area contributed by atoms with E-state index in [0.717, 1.165) is 50.5 Å². The normalized spacial score (nSPS) is 48.3. The van der Waals surface area contributed by atoms with E-state index in [4.69, 9.17) is 37.9 Å². The number of rotatable bonds is 11. The van der Waals surface area contributed by atoms with Gasteiger partial charge in [0, 0.05) is 45.1 Å². The van der Waals surface area contributed by atoms with E-state index in [1.54, 1.807) is 7.11 Å². The van der Waals surface area contributed by atoms with E-state index in [1.807, 2.05) is 13.8 Å². The fourth-order valence-corrected chi connectivity index (χ4v) is 9.65. The number of Topliss-reactive ketones (excluding diaryl/α,β-unsaturated/α-hetero) is 1. The standard InChI is InChI=1S/C39H60O10/c1-22-15-27(44-20-24(22)3)7-9-31-23(2)16-29(45-31)11-12-39-14-13-38(5,41)37(49-39)34-19-33(48-39)36-32(47-34)10-8-28(46-36)17-26(40)18-30-25(4)43-21-35(30)42-6/h22,25,27-37,41H,2-3,7-21H2,1,4-6H3/t22-,25+,27+,28?,29?,30?,31?,32?,33?,34-,35+,36+,37?,38-,39-/m1/s1. The Hall–Kier alpha value is -1.21. The molecule has 0 aromatic heterocycles. The number of methoxy groups -OCH3 is 1. The smallest absolute Gasteiger partial charge is 0.169 e. The third-order valence-corrected chi connectivity index (χ3v) is 12.9. The molecule has 7 fully saturated rings. The van der Waals surface area contributed by atoms with Crippen molar-refractivity contribution >= 4 is 5.78 Å². The average Bonchev–Trinajstić information content (AvgIpc) is 3.58. The summed E-state index contributed by atoms with van der Waals surface area (Å²) < 4.78 is 51.1. The lowest BCUT2D eigenvalue weighted by atomic mass is 9.81. The summed E-state index contributed by atoms with van der Waals surface area (Å²) in [6.45, 7) is 15.8. The van der Waals surface area contributed by atoms with E-state index in [1.165, 1.54) is 5.57 Å². The second-order valence-corrected chi connectivity index (χ2v) is 16.6. The van der Waals surface area contributed by atoms with E-state index in [2.05, 4.69) is 20.1 Å². The minimum absolute atomic E-state index is 0.00117. The average molecular weight is 689 g/mol. The zero-order valence-corrected chi connectivity index (χ0v) is 30.1. The fourth-order valence-electron chi connectivity index (χ4n) is 9.65. The van der Waals surface area contributed by atoms with Gasteiger partial charge in [-0.1, -0.05) is 20.1 Å². The van der Waals surface area contributed by atoms with Crippen molar-refractivity contribution in [2.75, 3.05) is 20.3 Å². The maximum Gasteiger partial charge on any atom is 0.169 e. The Morgan fingerprint density at radius 3 is 2.53 bits per heavy atom. The summed E-state index contributed by atoms with van der Waals surface area (Å²) in [6, 6.07) is 0. The number of carbonyl (C=O) groups is 1. The van der Waals surface area contributed by atoms with Gasteiger partial charge >= 0.3 is 0 Å². The van der Waals surface area contributed by atoms with Crippen molar-refractivity contribution in [1.29, 1.82) is 0 Å². The first kappa shape index (κ1) is 36.2. The zero-order valence-electron chi connectivity index (χ0n) is 30.1. The summed E-state index contributed by atoms with van der Waals surface area (Å²) in [6.07, 6.45) is 7.82. The molecule has 7 heterocycles. The van der Waals surface area contributed by atoms with E-state index in [-0.39, 0.29) is 72.7 Å². The first-order valence-electron chi connectivity index (χ1n) is 19.1. The summed E-state index contributed by atoms with van der Waals surface area (Å²) in [5, 5.41) is 11.5. The quantitative estimate of drug-likeness (QED) is 0.285. The number of carbonyl (C=O) groups excluding carboxylic acids is 1. The maximum absolute atomic E-state index is 13.3. The molecule has 0 spiro atoms. The van der Waals surface area contributed by atoms with Gasteiger partial charge in [-0.05, 0) is 82.3 Å². The van der Waals surface area contributed by atoms with Crippen LogP contribution in [0.2, 0.25) is 0 Å². The number of ketones is 1. The van der Waals surface area contributed by atoms with Gasteiger partial charge in [-0.15, -0.1) is 0 Å². The van der Waals surface area contributed by atoms with Crippen molar-refractivity contribution in [3.8, 4) is 0 Å². The van der Waals surface area contributed by atoms with Gasteiger partial charge in [0.2, 0.25) is 0 Å². The molecule has 7 aliphatic rings. The number of fused-ring (bicyclic) bond motifs is 7. The highest BCUT2D eigenvalue weighted by molar-refractivity contribution is 5.79. The van der Waals surface area contributed by atoms with Crippen LogP contribution in [0, 0.1) is 11.8 Å². The molecule has 7 unspecified atom stereocenters. The van der Waals surface area contributed by atoms with Gasteiger partial charge in [0.1, 0.15) is 18.0 Å². The van der Waals surface area contributed by atoms with Crippen LogP contribution in [0.1, 0.15) is 104 Å². The predicted molar refractivity (Wildman–Crippen MR) is 181 cm³/mol. The second-order valence-electron chi connectivity index (χ2n) is 16.6. The molecule has 7 saturated heterocycles. The van der Waals surface area contributed by atoms with Gasteiger partial charge in [-0.3, -0.25) is 4.79 Å². The fraction of sp³-hybridized carbons (Fsp3) is 0.872. The zero-order chi connectivity index (χ0) is 34.5. The lowest BCUT2D eigenvalue weighted by molar-refractivity contribution is -0.327. The lowest BCUT2D eigenvalue weighted by Gasteiger charge is -2.48. The molecule has 7 rings (SSSR count). The Morgan fingerprint density at radius 2 is 1.73 bits per heavy atom. The Balaban J connectivity index is 0.967. The van der Waals surface area contributed by atoms with E-state index in [9.17, 15) is 9.90 Å². The largest absolute Gasteiger partial charge is 0.387 e. The molecule has 0 aliphatic carbocycles. The van der Waals surface area contributed by atoms with Crippen LogP contribution in [0.3, 0.4) is 0 Å². The van der Waals surface area contributed by atoms with Crippen LogP contribution in [-0.4, -0.2) is 110 Å². The van der Waals surface area contributed by atoms with Crippen LogP contribution in [0.25, 0.3) is 0 Å². The summed E-state index contributed by atoms with van der Waals surface area (Å²) in [5.41, 5.74) is 1.32. The first-order valence-corrected chi connectivity index (χ1v) is 19.1. The molecule has 10 heteroatoms. The van der Waals surface area contributed by atoms with Crippen molar-refractivity contribution in [2.24, 2.45) is 11.8 Å². The van der Waals surface area contributed by atoms with Gasteiger partial charge in [0.25, 0.3) is 0 Å². The molecule has 0 amide bonds. The molecular weight excluding hydrogens is 628 g/mol. The molecule has 15 atom stereocenters. The molecule has 0 aromatic rings. The molecule has 49 heavy (non-hydrogen) atoms. The third-order valence-electron chi connectivity index (χ3n) is 12.9. The molecule has 7 aliphatic heterocycles. The highest BCUT2D eigenvalue weighted by Crippen LogP contribution is 2.50. The summed E-state index contributed by atoms with van der Waals surface area (Å²) in [5.74, 6) is -0.120. The molecular formula is C39H60O10. The maximum atomic E-state index is 13.3. The minimum Gasteiger partial charge on any atom is -0.387 e. The number of aliphatic hydroxyl groups is 1. The molecule has 0 aromatic carbocycles. The SMILES string of the molecule is C=C1CC(CC[C@]23CC[C@@](C)(O)C(O2)[C@H]2CC(O3)[C@H]3OC(CC(=O)CC4[C@H](C)OC[C@@H]4OC)CCC3O2)OC1CC[C@H]1C[C@@H](C)C(=C)CO1. The molecule has 1 N–H and O–H groups in total. The topological polar surface area (TPSA) is 111 Å². The lowest BCUT2D eigenvalue weighted by Crippen LogP contribution is -2.59. The van der Waals surface area contributed by atoms with Crippen molar-refractivity contribution in [1.82, 2.24) is 0 Å². The number of hydrogen-bond acceptors (Lipinski definition) is 10. The van der Waals surface area contributed by atoms with E-state index in [0.29, 0.717) is 57.7 Å². The monoisotopic (exact) mass is 688 g/mol. The minimum atomic E-state index is -1.01. The van der Waals surface area contributed by atoms with Crippen LogP contribution < -0.4 is 0 Å². The van der Waals surface area contributed by atoms with Crippen LogP contribution >= 0.6 is 0 Å². The molecule has 276 valence electrons. The van der Waals surface area contributed by atoms with Crippen LogP contribution in [0.4, 0.5) is 0 Å². The van der Waals surface area contributed by atoms with Gasteiger partial charge in [0.05, 0.1) is 73.8 Å². The van der Waals surface area contributed by atoms with Crippen molar-refractivity contribution in [3.63, 3.8) is 0 Å². The van der Waals surface area contributed by atoms with Crippen molar-refractivity contribution < 1.29 is 47.8 Å². The Morgan fingerprint density at radius 1 is 0.898 bits per heavy atom. The molecule has 0 radical (unpaired) electrons. The highest BCUT2D eigenvalue weighted by atomic mass is 16.7. The van der Waals surface area contributed by atoms with Crippen LogP contribution in [0.5, 0.6) is 0 Å². The van der Waals surface area contributed by atoms with Crippen LogP contribution in [0.15, 0.2) is 24.3 Å². The summed E-state index contributed by atoms with van der Waals surface area (Å²) in [4.78, 5) is 13.3. The van der Waals surface area contributed by atoms with E-state index >= 15 is 0 Å². The van der Waals surface area contributed by atoms with Crippen molar-refractivity contribution in [3.05, 3.63) is 24.3 Å². The van der Waals surface area contributed by atoms with Gasteiger partial charge in [-0.2, -0.15) is 0 Å². The Bertz CT molecular complexity index is 1220. The van der Waals surface area contributed by atoms with Gasteiger partial charge < -0.3 is 43.0 Å². The molecule has 0 saturated carbocycles. The van der Waals surface area contributed by atoms with Gasteiger partial charge in [-0.25, -0.2) is 0 Å². The third kappa shape index (κ3) is 7.79. The molecule has 10 nitrogen and oxygen atoms in total. The summed E-state index contributed by atoms with van der Waals surface area (Å²) >= 11 is 0. The van der Waals surface area contributed by atoms with Gasteiger partial charge in [0.15, 0.2) is 5.79 Å². The number of ether oxygens (including phenoxy) is 8. The van der Waals surface area contributed by atoms with Crippen LogP contribution in [-0.2, 0) is 42.7 Å². The molecule has 4 bridgehead atoms. The highest BCUT2D eigenvalue weighted by Gasteiger charge is 2.59. The Kier molecular flexibility index (Phi) is 10.8. The van der Waals surface area contributed by atoms with Crippen molar-refractivity contribution in [2.45, 2.75) is 183 Å². The summed E-state index contributed by atoms with van der Waals surface area (Å²) in [7, 11) is 1.68. The first-order chi connectivity index (χ1) is 23.4. The second kappa shape index (κ2) is 14.7. The Labute approximate surface area is 292 Å².